The van der Waals surface area contributed by atoms with Crippen molar-refractivity contribution < 1.29 is 15.0 Å². The number of aliphatic carboxylic acids is 1. The average molecular weight is 222 g/mol. The van der Waals surface area contributed by atoms with Gasteiger partial charge >= 0.3 is 5.97 Å². The minimum atomic E-state index is -0.912. The molecule has 1 rings (SSSR count). The second-order valence-corrected chi connectivity index (χ2v) is 4.82. The number of carboxylic acids is 1. The fraction of sp³-hybridized carbons (Fsp3) is 0.462. The highest BCUT2D eigenvalue weighted by atomic mass is 16.4. The molecule has 0 aromatic heterocycles. The molecular weight excluding hydrogens is 204 g/mol. The van der Waals surface area contributed by atoms with Crippen LogP contribution in [0.15, 0.2) is 24.3 Å². The van der Waals surface area contributed by atoms with Crippen molar-refractivity contribution in [1.82, 2.24) is 0 Å². The summed E-state index contributed by atoms with van der Waals surface area (Å²) in [6, 6.07) is 7.48. The van der Waals surface area contributed by atoms with Gasteiger partial charge in [0.1, 0.15) is 0 Å². The molecule has 1 atom stereocenters. The molecule has 3 heteroatoms. The molecule has 16 heavy (non-hydrogen) atoms. The Morgan fingerprint density at radius 3 is 2.25 bits per heavy atom. The van der Waals surface area contributed by atoms with Crippen LogP contribution in [-0.2, 0) is 4.79 Å². The lowest BCUT2D eigenvalue weighted by Crippen LogP contribution is -2.26. The van der Waals surface area contributed by atoms with Gasteiger partial charge in [0.15, 0.2) is 0 Å². The van der Waals surface area contributed by atoms with Crippen LogP contribution in [0.2, 0.25) is 0 Å². The van der Waals surface area contributed by atoms with Crippen molar-refractivity contribution in [2.24, 2.45) is 5.41 Å². The van der Waals surface area contributed by atoms with Gasteiger partial charge in [0.25, 0.3) is 0 Å². The molecular formula is C13H18O3. The molecule has 0 heterocycles. The summed E-state index contributed by atoms with van der Waals surface area (Å²) in [5.41, 5.74) is 0.970. The summed E-state index contributed by atoms with van der Waals surface area (Å²) in [6.45, 7) is 5.21. The van der Waals surface area contributed by atoms with Gasteiger partial charge in [-0.1, -0.05) is 29.8 Å². The number of hydrogen-bond donors (Lipinski definition) is 2. The van der Waals surface area contributed by atoms with Crippen LogP contribution in [0.3, 0.4) is 0 Å². The Morgan fingerprint density at radius 1 is 1.31 bits per heavy atom. The highest BCUT2D eigenvalue weighted by Gasteiger charge is 2.30. The van der Waals surface area contributed by atoms with Gasteiger partial charge in [-0.2, -0.15) is 0 Å². The van der Waals surface area contributed by atoms with Crippen molar-refractivity contribution in [3.63, 3.8) is 0 Å². The number of rotatable bonds is 4. The van der Waals surface area contributed by atoms with Crippen molar-refractivity contribution in [3.05, 3.63) is 35.4 Å². The van der Waals surface area contributed by atoms with Crippen LogP contribution in [0.4, 0.5) is 0 Å². The normalized spacial score (nSPS) is 13.5. The largest absolute Gasteiger partial charge is 0.481 e. The minimum absolute atomic E-state index is 0.214. The Morgan fingerprint density at radius 2 is 1.81 bits per heavy atom. The van der Waals surface area contributed by atoms with Crippen LogP contribution in [0.5, 0.6) is 0 Å². The molecule has 0 radical (unpaired) electrons. The number of carbonyl (C=O) groups is 1. The van der Waals surface area contributed by atoms with Gasteiger partial charge in [0.05, 0.1) is 11.5 Å². The number of aliphatic hydroxyl groups excluding tert-OH is 1. The molecule has 0 saturated carbocycles. The van der Waals surface area contributed by atoms with Crippen molar-refractivity contribution >= 4 is 5.97 Å². The van der Waals surface area contributed by atoms with E-state index in [1.54, 1.807) is 13.8 Å². The van der Waals surface area contributed by atoms with Crippen molar-refractivity contribution in [2.75, 3.05) is 0 Å². The third-order valence-corrected chi connectivity index (χ3v) is 2.74. The zero-order valence-electron chi connectivity index (χ0n) is 9.90. The Hall–Kier alpha value is -1.35. The molecule has 0 amide bonds. The van der Waals surface area contributed by atoms with Gasteiger partial charge in [0.2, 0.25) is 0 Å². The molecule has 0 aliphatic carbocycles. The molecule has 88 valence electrons. The van der Waals surface area contributed by atoms with E-state index >= 15 is 0 Å². The van der Waals surface area contributed by atoms with Crippen LogP contribution < -0.4 is 0 Å². The lowest BCUT2D eigenvalue weighted by molar-refractivity contribution is -0.148. The van der Waals surface area contributed by atoms with Crippen LogP contribution in [0.1, 0.15) is 37.5 Å². The Labute approximate surface area is 95.7 Å². The van der Waals surface area contributed by atoms with E-state index in [1.807, 2.05) is 31.2 Å². The number of aryl methyl sites for hydroxylation is 1. The number of hydrogen-bond acceptors (Lipinski definition) is 2. The van der Waals surface area contributed by atoms with Crippen molar-refractivity contribution in [3.8, 4) is 0 Å². The van der Waals surface area contributed by atoms with Crippen LogP contribution in [0.25, 0.3) is 0 Å². The van der Waals surface area contributed by atoms with Gasteiger partial charge in [-0.3, -0.25) is 4.79 Å². The maximum absolute atomic E-state index is 10.9. The third-order valence-electron chi connectivity index (χ3n) is 2.74. The fourth-order valence-electron chi connectivity index (χ4n) is 1.48. The highest BCUT2D eigenvalue weighted by molar-refractivity contribution is 5.73. The maximum atomic E-state index is 10.9. The summed E-state index contributed by atoms with van der Waals surface area (Å²) >= 11 is 0. The molecule has 1 aromatic rings. The second kappa shape index (κ2) is 4.66. The smallest absolute Gasteiger partial charge is 0.309 e. The summed E-state index contributed by atoms with van der Waals surface area (Å²) in [6.07, 6.45) is -0.516. The van der Waals surface area contributed by atoms with E-state index in [0.29, 0.717) is 0 Å². The first-order valence-corrected chi connectivity index (χ1v) is 5.31. The van der Waals surface area contributed by atoms with Gasteiger partial charge in [-0.05, 0) is 32.8 Å². The van der Waals surface area contributed by atoms with Gasteiger partial charge in [-0.15, -0.1) is 0 Å². The molecule has 3 nitrogen and oxygen atoms in total. The number of benzene rings is 1. The molecule has 0 saturated heterocycles. The first-order chi connectivity index (χ1) is 7.33. The average Bonchev–Trinajstić information content (AvgIpc) is 2.17. The minimum Gasteiger partial charge on any atom is -0.481 e. The lowest BCUT2D eigenvalue weighted by atomic mass is 9.85. The Bertz CT molecular complexity index is 365. The molecule has 0 spiro atoms. The first kappa shape index (κ1) is 12.7. The number of carboxylic acid groups (broad SMARTS) is 1. The molecule has 1 aromatic carbocycles. The molecule has 1 unspecified atom stereocenters. The quantitative estimate of drug-likeness (QED) is 0.823. The summed E-state index contributed by atoms with van der Waals surface area (Å²) < 4.78 is 0. The first-order valence-electron chi connectivity index (χ1n) is 5.31. The lowest BCUT2D eigenvalue weighted by Gasteiger charge is -2.22. The molecule has 0 aliphatic rings. The summed E-state index contributed by atoms with van der Waals surface area (Å²) in [4.78, 5) is 10.9. The highest BCUT2D eigenvalue weighted by Crippen LogP contribution is 2.30. The van der Waals surface area contributed by atoms with Crippen LogP contribution >= 0.6 is 0 Å². The van der Waals surface area contributed by atoms with Gasteiger partial charge < -0.3 is 10.2 Å². The zero-order valence-corrected chi connectivity index (χ0v) is 9.90. The van der Waals surface area contributed by atoms with E-state index < -0.39 is 17.5 Å². The van der Waals surface area contributed by atoms with E-state index in [2.05, 4.69) is 0 Å². The molecule has 2 N–H and O–H groups in total. The summed E-state index contributed by atoms with van der Waals surface area (Å²) in [7, 11) is 0. The SMILES string of the molecule is Cc1ccc(C(O)CC(C)(C)C(=O)O)cc1. The Kier molecular flexibility index (Phi) is 3.70. The topological polar surface area (TPSA) is 57.5 Å². The standard InChI is InChI=1S/C13H18O3/c1-9-4-6-10(7-5-9)11(14)8-13(2,3)12(15)16/h4-7,11,14H,8H2,1-3H3,(H,15,16). The second-order valence-electron chi connectivity index (χ2n) is 4.82. The van der Waals surface area contributed by atoms with E-state index in [0.717, 1.165) is 11.1 Å². The fourth-order valence-corrected chi connectivity index (χ4v) is 1.48. The Balaban J connectivity index is 2.76. The van der Waals surface area contributed by atoms with Crippen molar-refractivity contribution in [2.45, 2.75) is 33.3 Å². The van der Waals surface area contributed by atoms with E-state index in [9.17, 15) is 9.90 Å². The summed E-state index contributed by atoms with van der Waals surface area (Å²) in [5.74, 6) is -0.890. The predicted octanol–water partition coefficient (Wildman–Crippen LogP) is 2.53. The van der Waals surface area contributed by atoms with Gasteiger partial charge in [-0.25, -0.2) is 0 Å². The third kappa shape index (κ3) is 3.07. The van der Waals surface area contributed by atoms with Crippen LogP contribution in [-0.4, -0.2) is 16.2 Å². The monoisotopic (exact) mass is 222 g/mol. The summed E-state index contributed by atoms with van der Waals surface area (Å²) in [5, 5.41) is 18.9. The van der Waals surface area contributed by atoms with E-state index in [1.165, 1.54) is 0 Å². The molecule has 0 fully saturated rings. The maximum Gasteiger partial charge on any atom is 0.309 e. The molecule has 0 aliphatic heterocycles. The van der Waals surface area contributed by atoms with E-state index in [4.69, 9.17) is 5.11 Å². The molecule has 0 bridgehead atoms. The van der Waals surface area contributed by atoms with E-state index in [-0.39, 0.29) is 6.42 Å². The number of aliphatic hydroxyl groups is 1. The van der Waals surface area contributed by atoms with Crippen LogP contribution in [0, 0.1) is 12.3 Å². The predicted molar refractivity (Wildman–Crippen MR) is 62.2 cm³/mol. The van der Waals surface area contributed by atoms with Crippen molar-refractivity contribution in [1.29, 1.82) is 0 Å². The zero-order chi connectivity index (χ0) is 12.3. The van der Waals surface area contributed by atoms with Gasteiger partial charge in [0, 0.05) is 0 Å².